The van der Waals surface area contributed by atoms with Gasteiger partial charge in [-0.3, -0.25) is 0 Å². The monoisotopic (exact) mass is 239 g/mol. The van der Waals surface area contributed by atoms with Gasteiger partial charge in [-0.15, -0.1) is 0 Å². The zero-order chi connectivity index (χ0) is 12.4. The zero-order valence-electron chi connectivity index (χ0n) is 9.10. The van der Waals surface area contributed by atoms with Crippen LogP contribution in [0, 0.1) is 6.92 Å². The molecule has 0 radical (unpaired) electrons. The largest absolute Gasteiger partial charge is 0.433 e. The molecule has 0 aliphatic heterocycles. The molecule has 1 aromatic carbocycles. The van der Waals surface area contributed by atoms with Gasteiger partial charge < -0.3 is 10.5 Å². The number of benzene rings is 1. The maximum absolute atomic E-state index is 12.2. The molecule has 1 heterocycles. The van der Waals surface area contributed by atoms with Gasteiger partial charge in [0.25, 0.3) is 0 Å². The smallest absolute Gasteiger partial charge is 0.387 e. The van der Waals surface area contributed by atoms with Crippen LogP contribution in [0.1, 0.15) is 5.69 Å². The number of rotatable bonds is 3. The molecule has 0 atom stereocenters. The number of aromatic nitrogens is 2. The van der Waals surface area contributed by atoms with Gasteiger partial charge in [-0.05, 0) is 19.1 Å². The van der Waals surface area contributed by atoms with Crippen molar-refractivity contribution >= 4 is 5.82 Å². The number of alkyl halides is 2. The summed E-state index contributed by atoms with van der Waals surface area (Å²) in [5.41, 5.74) is 6.72. The SMILES string of the molecule is Cc1cc(N)nn1-c1ccccc1OC(F)F. The maximum atomic E-state index is 12.2. The van der Waals surface area contributed by atoms with E-state index in [1.54, 1.807) is 31.2 Å². The highest BCUT2D eigenvalue weighted by molar-refractivity contribution is 5.48. The number of halogens is 2. The molecule has 0 aliphatic carbocycles. The second-order valence-electron chi connectivity index (χ2n) is 3.47. The summed E-state index contributed by atoms with van der Waals surface area (Å²) in [5, 5.41) is 4.02. The number of nitrogens with zero attached hydrogens (tertiary/aromatic N) is 2. The van der Waals surface area contributed by atoms with Crippen LogP contribution in [0.2, 0.25) is 0 Å². The lowest BCUT2D eigenvalue weighted by molar-refractivity contribution is -0.0499. The highest BCUT2D eigenvalue weighted by Gasteiger charge is 2.12. The van der Waals surface area contributed by atoms with E-state index >= 15 is 0 Å². The summed E-state index contributed by atoms with van der Waals surface area (Å²) in [6.45, 7) is -1.09. The summed E-state index contributed by atoms with van der Waals surface area (Å²) in [6.07, 6.45) is 0. The molecule has 2 rings (SSSR count). The third-order valence-electron chi connectivity index (χ3n) is 2.22. The summed E-state index contributed by atoms with van der Waals surface area (Å²) in [4.78, 5) is 0. The second kappa shape index (κ2) is 4.40. The average Bonchev–Trinajstić information content (AvgIpc) is 2.58. The fourth-order valence-electron chi connectivity index (χ4n) is 1.57. The molecular formula is C11H11F2N3O. The Hall–Kier alpha value is -2.11. The van der Waals surface area contributed by atoms with E-state index in [4.69, 9.17) is 5.73 Å². The summed E-state index contributed by atoms with van der Waals surface area (Å²) in [5.74, 6) is 0.392. The predicted octanol–water partition coefficient (Wildman–Crippen LogP) is 2.36. The lowest BCUT2D eigenvalue weighted by atomic mass is 10.3. The van der Waals surface area contributed by atoms with E-state index in [0.717, 1.165) is 5.69 Å². The fourth-order valence-corrected chi connectivity index (χ4v) is 1.57. The lowest BCUT2D eigenvalue weighted by Gasteiger charge is -2.11. The number of hydrogen-bond acceptors (Lipinski definition) is 3. The van der Waals surface area contributed by atoms with Crippen molar-refractivity contribution in [2.75, 3.05) is 5.73 Å². The molecule has 6 heteroatoms. The van der Waals surface area contributed by atoms with Gasteiger partial charge in [-0.25, -0.2) is 4.68 Å². The Labute approximate surface area is 96.6 Å². The molecule has 17 heavy (non-hydrogen) atoms. The van der Waals surface area contributed by atoms with Gasteiger partial charge in [0.2, 0.25) is 0 Å². The highest BCUT2D eigenvalue weighted by Crippen LogP contribution is 2.25. The topological polar surface area (TPSA) is 53.1 Å². The van der Waals surface area contributed by atoms with E-state index < -0.39 is 6.61 Å². The minimum absolute atomic E-state index is 0.0636. The van der Waals surface area contributed by atoms with Crippen molar-refractivity contribution in [3.05, 3.63) is 36.0 Å². The van der Waals surface area contributed by atoms with E-state index in [1.165, 1.54) is 10.7 Å². The summed E-state index contributed by atoms with van der Waals surface area (Å²) < 4.78 is 30.4. The molecular weight excluding hydrogens is 228 g/mol. The van der Waals surface area contributed by atoms with Gasteiger partial charge in [0.1, 0.15) is 11.5 Å². The van der Waals surface area contributed by atoms with E-state index in [-0.39, 0.29) is 5.75 Å². The average molecular weight is 239 g/mol. The molecule has 4 nitrogen and oxygen atoms in total. The summed E-state index contributed by atoms with van der Waals surface area (Å²) in [6, 6.07) is 8.07. The molecule has 0 spiro atoms. The van der Waals surface area contributed by atoms with E-state index in [2.05, 4.69) is 9.84 Å². The highest BCUT2D eigenvalue weighted by atomic mass is 19.3. The minimum Gasteiger partial charge on any atom is -0.433 e. The zero-order valence-corrected chi connectivity index (χ0v) is 9.10. The van der Waals surface area contributed by atoms with Crippen molar-refractivity contribution in [1.29, 1.82) is 0 Å². The molecule has 0 unspecified atom stereocenters. The molecule has 0 bridgehead atoms. The molecule has 0 saturated carbocycles. The van der Waals surface area contributed by atoms with Crippen LogP contribution < -0.4 is 10.5 Å². The third-order valence-corrected chi connectivity index (χ3v) is 2.22. The van der Waals surface area contributed by atoms with Crippen LogP contribution in [0.3, 0.4) is 0 Å². The molecule has 0 fully saturated rings. The Balaban J connectivity index is 2.48. The fraction of sp³-hybridized carbons (Fsp3) is 0.182. The summed E-state index contributed by atoms with van der Waals surface area (Å²) >= 11 is 0. The molecule has 0 amide bonds. The first kappa shape index (κ1) is 11.4. The van der Waals surface area contributed by atoms with Crippen molar-refractivity contribution in [2.24, 2.45) is 0 Å². The van der Waals surface area contributed by atoms with Crippen LogP contribution in [-0.2, 0) is 0 Å². The minimum atomic E-state index is -2.87. The summed E-state index contributed by atoms with van der Waals surface area (Å²) in [7, 11) is 0. The van der Waals surface area contributed by atoms with Crippen LogP contribution in [0.15, 0.2) is 30.3 Å². The Morgan fingerprint density at radius 2 is 2.06 bits per heavy atom. The van der Waals surface area contributed by atoms with Crippen molar-refractivity contribution in [3.8, 4) is 11.4 Å². The van der Waals surface area contributed by atoms with Crippen LogP contribution in [-0.4, -0.2) is 16.4 Å². The standard InChI is InChI=1S/C11H11F2N3O/c1-7-6-10(14)15-16(7)8-4-2-3-5-9(8)17-11(12)13/h2-6,11H,1H3,(H2,14,15). The normalized spacial score (nSPS) is 10.8. The second-order valence-corrected chi connectivity index (χ2v) is 3.47. The Morgan fingerprint density at radius 1 is 1.35 bits per heavy atom. The first-order valence-corrected chi connectivity index (χ1v) is 4.94. The van der Waals surface area contributed by atoms with Crippen molar-refractivity contribution < 1.29 is 13.5 Å². The van der Waals surface area contributed by atoms with E-state index in [1.807, 2.05) is 0 Å². The van der Waals surface area contributed by atoms with Crippen molar-refractivity contribution in [2.45, 2.75) is 13.5 Å². The predicted molar refractivity (Wildman–Crippen MR) is 59.3 cm³/mol. The van der Waals surface area contributed by atoms with Crippen LogP contribution in [0.4, 0.5) is 14.6 Å². The number of nitrogen functional groups attached to an aromatic ring is 1. The number of para-hydroxylation sites is 2. The van der Waals surface area contributed by atoms with E-state index in [0.29, 0.717) is 11.5 Å². The van der Waals surface area contributed by atoms with Crippen LogP contribution in [0.5, 0.6) is 5.75 Å². The van der Waals surface area contributed by atoms with Gasteiger partial charge in [0.05, 0.1) is 0 Å². The molecule has 2 N–H and O–H groups in total. The van der Waals surface area contributed by atoms with Gasteiger partial charge in [0, 0.05) is 11.8 Å². The number of nitrogens with two attached hydrogens (primary N) is 1. The molecule has 2 aromatic rings. The van der Waals surface area contributed by atoms with Crippen molar-refractivity contribution in [3.63, 3.8) is 0 Å². The first-order chi connectivity index (χ1) is 8.08. The maximum Gasteiger partial charge on any atom is 0.387 e. The van der Waals surface area contributed by atoms with Gasteiger partial charge in [-0.2, -0.15) is 13.9 Å². The Bertz CT molecular complexity index is 525. The number of ether oxygens (including phenoxy) is 1. The lowest BCUT2D eigenvalue weighted by Crippen LogP contribution is -2.07. The third kappa shape index (κ3) is 2.35. The number of anilines is 1. The Kier molecular flexibility index (Phi) is 2.95. The van der Waals surface area contributed by atoms with Gasteiger partial charge >= 0.3 is 6.61 Å². The number of hydrogen-bond donors (Lipinski definition) is 1. The van der Waals surface area contributed by atoms with Gasteiger partial charge in [0.15, 0.2) is 5.75 Å². The molecule has 0 aliphatic rings. The van der Waals surface area contributed by atoms with Crippen LogP contribution in [0.25, 0.3) is 5.69 Å². The van der Waals surface area contributed by atoms with Crippen LogP contribution >= 0.6 is 0 Å². The Morgan fingerprint density at radius 3 is 2.65 bits per heavy atom. The molecule has 90 valence electrons. The number of aryl methyl sites for hydroxylation is 1. The van der Waals surface area contributed by atoms with Crippen molar-refractivity contribution in [1.82, 2.24) is 9.78 Å². The van der Waals surface area contributed by atoms with E-state index in [9.17, 15) is 8.78 Å². The molecule has 1 aromatic heterocycles. The quantitative estimate of drug-likeness (QED) is 0.894. The van der Waals surface area contributed by atoms with Gasteiger partial charge in [-0.1, -0.05) is 12.1 Å². The molecule has 0 saturated heterocycles. The first-order valence-electron chi connectivity index (χ1n) is 4.94.